The lowest BCUT2D eigenvalue weighted by Gasteiger charge is -2.12. The minimum Gasteiger partial charge on any atom is -0.368 e. The predicted molar refractivity (Wildman–Crippen MR) is 53.9 cm³/mol. The van der Waals surface area contributed by atoms with Crippen molar-refractivity contribution in [1.82, 2.24) is 4.57 Å². The van der Waals surface area contributed by atoms with Gasteiger partial charge in [-0.1, -0.05) is 0 Å². The number of halogens is 2. The molecule has 0 aliphatic carbocycles. The number of nitrogens with zero attached hydrogens (tertiary/aromatic N) is 2. The zero-order valence-corrected chi connectivity index (χ0v) is 8.14. The second kappa shape index (κ2) is 3.91. The van der Waals surface area contributed by atoms with Gasteiger partial charge in [0.1, 0.15) is 0 Å². The van der Waals surface area contributed by atoms with Gasteiger partial charge in [-0.15, -0.1) is 0 Å². The van der Waals surface area contributed by atoms with Crippen LogP contribution in [0.4, 0.5) is 8.78 Å². The van der Waals surface area contributed by atoms with E-state index in [0.717, 1.165) is 4.57 Å². The molecule has 0 radical (unpaired) electrons. The molecule has 0 aliphatic rings. The molecule has 0 saturated carbocycles. The average Bonchev–Trinajstić information content (AvgIpc) is 2.70. The van der Waals surface area contributed by atoms with Crippen molar-refractivity contribution in [3.8, 4) is 6.07 Å². The molecule has 0 fully saturated rings. The lowest BCUT2D eigenvalue weighted by atomic mass is 10.2. The SMILES string of the molecule is N#Cc1ccc2c(ccn2C(O)C(F)F)c1. The van der Waals surface area contributed by atoms with E-state index < -0.39 is 12.7 Å². The lowest BCUT2D eigenvalue weighted by molar-refractivity contribution is -0.0477. The molecule has 82 valence electrons. The van der Waals surface area contributed by atoms with Crippen LogP contribution in [0, 0.1) is 11.3 Å². The molecule has 0 bridgehead atoms. The Morgan fingerprint density at radius 2 is 2.06 bits per heavy atom. The third-order valence-corrected chi connectivity index (χ3v) is 2.36. The van der Waals surface area contributed by atoms with Crippen molar-refractivity contribution in [1.29, 1.82) is 5.26 Å². The quantitative estimate of drug-likeness (QED) is 0.847. The van der Waals surface area contributed by atoms with Crippen LogP contribution in [0.3, 0.4) is 0 Å². The van der Waals surface area contributed by atoms with Gasteiger partial charge in [0.25, 0.3) is 6.43 Å². The van der Waals surface area contributed by atoms with Gasteiger partial charge in [0.05, 0.1) is 17.1 Å². The Bertz CT molecular complexity index is 557. The summed E-state index contributed by atoms with van der Waals surface area (Å²) in [5, 5.41) is 18.6. The van der Waals surface area contributed by atoms with E-state index >= 15 is 0 Å². The van der Waals surface area contributed by atoms with Gasteiger partial charge < -0.3 is 9.67 Å². The van der Waals surface area contributed by atoms with Crippen molar-refractivity contribution < 1.29 is 13.9 Å². The molecule has 0 saturated heterocycles. The van der Waals surface area contributed by atoms with Crippen LogP contribution in [0.25, 0.3) is 10.9 Å². The Hall–Kier alpha value is -1.93. The summed E-state index contributed by atoms with van der Waals surface area (Å²) in [4.78, 5) is 0. The summed E-state index contributed by atoms with van der Waals surface area (Å²) in [6, 6.07) is 8.20. The number of benzene rings is 1. The van der Waals surface area contributed by atoms with E-state index in [2.05, 4.69) is 0 Å². The topological polar surface area (TPSA) is 49.0 Å². The van der Waals surface area contributed by atoms with E-state index in [1.54, 1.807) is 18.2 Å². The van der Waals surface area contributed by atoms with Crippen LogP contribution >= 0.6 is 0 Å². The number of hydrogen-bond donors (Lipinski definition) is 1. The average molecular weight is 222 g/mol. The molecule has 1 aromatic carbocycles. The molecule has 5 heteroatoms. The molecule has 0 spiro atoms. The van der Waals surface area contributed by atoms with Crippen molar-refractivity contribution in [3.63, 3.8) is 0 Å². The standard InChI is InChI=1S/C11H8F2N2O/c12-10(13)11(16)15-4-3-8-5-7(6-14)1-2-9(8)15/h1-5,10-11,16H. The number of alkyl halides is 2. The number of rotatable bonds is 2. The fourth-order valence-corrected chi connectivity index (χ4v) is 1.59. The summed E-state index contributed by atoms with van der Waals surface area (Å²) >= 11 is 0. The Balaban J connectivity index is 2.54. The molecule has 2 aromatic rings. The molecule has 16 heavy (non-hydrogen) atoms. The van der Waals surface area contributed by atoms with Crippen LogP contribution in [0.5, 0.6) is 0 Å². The molecule has 1 unspecified atom stereocenters. The maximum Gasteiger partial charge on any atom is 0.282 e. The maximum atomic E-state index is 12.3. The van der Waals surface area contributed by atoms with Crippen molar-refractivity contribution in [2.24, 2.45) is 0 Å². The smallest absolute Gasteiger partial charge is 0.282 e. The van der Waals surface area contributed by atoms with Gasteiger partial charge in [-0.3, -0.25) is 0 Å². The van der Waals surface area contributed by atoms with Gasteiger partial charge in [-0.05, 0) is 24.3 Å². The van der Waals surface area contributed by atoms with Crippen LogP contribution in [-0.2, 0) is 0 Å². The molecule has 1 atom stereocenters. The normalized spacial score (nSPS) is 12.9. The van der Waals surface area contributed by atoms with E-state index in [4.69, 9.17) is 5.26 Å². The molecule has 1 aromatic heterocycles. The number of aromatic nitrogens is 1. The molecular weight excluding hydrogens is 214 g/mol. The maximum absolute atomic E-state index is 12.3. The predicted octanol–water partition coefficient (Wildman–Crippen LogP) is 2.27. The van der Waals surface area contributed by atoms with E-state index in [9.17, 15) is 13.9 Å². The minimum atomic E-state index is -2.84. The van der Waals surface area contributed by atoms with Gasteiger partial charge in [-0.2, -0.15) is 5.26 Å². The van der Waals surface area contributed by atoms with Crippen LogP contribution in [0.15, 0.2) is 30.5 Å². The number of fused-ring (bicyclic) bond motifs is 1. The fourth-order valence-electron chi connectivity index (χ4n) is 1.59. The van der Waals surface area contributed by atoms with E-state index in [-0.39, 0.29) is 0 Å². The molecule has 3 nitrogen and oxygen atoms in total. The van der Waals surface area contributed by atoms with Gasteiger partial charge in [-0.25, -0.2) is 8.78 Å². The van der Waals surface area contributed by atoms with Crippen molar-refractivity contribution in [3.05, 3.63) is 36.0 Å². The first-order chi connectivity index (χ1) is 7.63. The summed E-state index contributed by atoms with van der Waals surface area (Å²) in [5.74, 6) is 0. The number of aliphatic hydroxyl groups is 1. The molecule has 0 aliphatic heterocycles. The summed E-state index contributed by atoms with van der Waals surface area (Å²) in [6.45, 7) is 0. The highest BCUT2D eigenvalue weighted by molar-refractivity contribution is 5.81. The van der Waals surface area contributed by atoms with Crippen molar-refractivity contribution in [2.75, 3.05) is 0 Å². The van der Waals surface area contributed by atoms with Gasteiger partial charge in [0, 0.05) is 11.6 Å². The highest BCUT2D eigenvalue weighted by atomic mass is 19.3. The first-order valence-electron chi connectivity index (χ1n) is 4.60. The second-order valence-electron chi connectivity index (χ2n) is 3.36. The summed E-state index contributed by atoms with van der Waals surface area (Å²) < 4.78 is 25.8. The highest BCUT2D eigenvalue weighted by Gasteiger charge is 2.19. The molecule has 2 rings (SSSR count). The Morgan fingerprint density at radius 3 is 2.69 bits per heavy atom. The third-order valence-electron chi connectivity index (χ3n) is 2.36. The first kappa shape index (κ1) is 10.6. The number of hydrogen-bond acceptors (Lipinski definition) is 2. The summed E-state index contributed by atoms with van der Waals surface area (Å²) in [6.07, 6.45) is -3.32. The fraction of sp³-hybridized carbons (Fsp3) is 0.182. The minimum absolute atomic E-state index is 0.455. The largest absolute Gasteiger partial charge is 0.368 e. The van der Waals surface area contributed by atoms with Gasteiger partial charge >= 0.3 is 0 Å². The van der Waals surface area contributed by atoms with E-state index in [1.807, 2.05) is 6.07 Å². The zero-order chi connectivity index (χ0) is 11.7. The van der Waals surface area contributed by atoms with Crippen LogP contribution in [0.1, 0.15) is 11.8 Å². The van der Waals surface area contributed by atoms with Gasteiger partial charge in [0.2, 0.25) is 0 Å². The van der Waals surface area contributed by atoms with Crippen LogP contribution in [-0.4, -0.2) is 16.1 Å². The van der Waals surface area contributed by atoms with E-state index in [1.165, 1.54) is 12.3 Å². The summed E-state index contributed by atoms with van der Waals surface area (Å²) in [7, 11) is 0. The molecule has 1 heterocycles. The monoisotopic (exact) mass is 222 g/mol. The first-order valence-corrected chi connectivity index (χ1v) is 4.60. The Labute approximate surface area is 90.1 Å². The molecular formula is C11H8F2N2O. The van der Waals surface area contributed by atoms with Crippen molar-refractivity contribution in [2.45, 2.75) is 12.7 Å². The van der Waals surface area contributed by atoms with E-state index in [0.29, 0.717) is 16.5 Å². The Kier molecular flexibility index (Phi) is 2.59. The van der Waals surface area contributed by atoms with Crippen LogP contribution < -0.4 is 0 Å². The van der Waals surface area contributed by atoms with Crippen molar-refractivity contribution >= 4 is 10.9 Å². The highest BCUT2D eigenvalue weighted by Crippen LogP contribution is 2.23. The number of aliphatic hydroxyl groups excluding tert-OH is 1. The third kappa shape index (κ3) is 1.64. The Morgan fingerprint density at radius 1 is 1.31 bits per heavy atom. The molecule has 0 amide bonds. The zero-order valence-electron chi connectivity index (χ0n) is 8.14. The number of nitriles is 1. The van der Waals surface area contributed by atoms with Gasteiger partial charge in [0.15, 0.2) is 6.23 Å². The summed E-state index contributed by atoms with van der Waals surface area (Å²) in [5.41, 5.74) is 0.934. The van der Waals surface area contributed by atoms with Crippen LogP contribution in [0.2, 0.25) is 0 Å². The second-order valence-corrected chi connectivity index (χ2v) is 3.36. The molecule has 1 N–H and O–H groups in total. The lowest BCUT2D eigenvalue weighted by Crippen LogP contribution is -2.15.